The number of amides is 1. The molecule has 0 saturated heterocycles. The molecule has 2 heterocycles. The summed E-state index contributed by atoms with van der Waals surface area (Å²) in [7, 11) is 0. The molecule has 0 radical (unpaired) electrons. The minimum atomic E-state index is -0.476. The number of nitrogens with one attached hydrogen (secondary N) is 1. The van der Waals surface area contributed by atoms with E-state index >= 15 is 0 Å². The fourth-order valence-corrected chi connectivity index (χ4v) is 4.33. The highest BCUT2D eigenvalue weighted by molar-refractivity contribution is 8.19. The molecule has 4 rings (SSSR count). The Morgan fingerprint density at radius 3 is 2.63 bits per heavy atom. The Bertz CT molecular complexity index is 1110. The Morgan fingerprint density at radius 1 is 1.20 bits per heavy atom. The van der Waals surface area contributed by atoms with Crippen LogP contribution in [0.4, 0.5) is 0 Å². The summed E-state index contributed by atoms with van der Waals surface area (Å²) < 4.78 is 9.65. The number of carbonyl (C=O) groups excluding carboxylic acids is 2. The fraction of sp³-hybridized carbons (Fsp3) is 0.0952. The zero-order valence-electron chi connectivity index (χ0n) is 15.9. The number of hydrogen-bond acceptors (Lipinski definition) is 7. The van der Waals surface area contributed by atoms with E-state index in [4.69, 9.17) is 10.1 Å². The number of amidine groups is 3. The van der Waals surface area contributed by atoms with Gasteiger partial charge in [-0.15, -0.1) is 0 Å². The Balaban J connectivity index is 1.52. The highest BCUT2D eigenvalue weighted by Crippen LogP contribution is 2.31. The van der Waals surface area contributed by atoms with Gasteiger partial charge in [-0.25, -0.2) is 9.69 Å². The smallest absolute Gasteiger partial charge is 0.343 e. The van der Waals surface area contributed by atoms with Gasteiger partial charge in [0.25, 0.3) is 5.91 Å². The highest BCUT2D eigenvalue weighted by atomic mass is 32.2. The van der Waals surface area contributed by atoms with Crippen LogP contribution in [-0.4, -0.2) is 38.7 Å². The van der Waals surface area contributed by atoms with E-state index in [0.29, 0.717) is 27.2 Å². The van der Waals surface area contributed by atoms with Crippen LogP contribution in [0.15, 0.2) is 69.6 Å². The second-order valence-electron chi connectivity index (χ2n) is 6.16. The minimum Gasteiger partial charge on any atom is -0.423 e. The molecule has 2 aromatic carbocycles. The molecule has 2 aromatic rings. The van der Waals surface area contributed by atoms with Crippen molar-refractivity contribution in [2.75, 3.05) is 5.75 Å². The summed E-state index contributed by atoms with van der Waals surface area (Å²) in [4.78, 5) is 30.2. The quantitative estimate of drug-likeness (QED) is 0.333. The van der Waals surface area contributed by atoms with Gasteiger partial charge in [0.15, 0.2) is 5.17 Å². The second-order valence-corrected chi connectivity index (χ2v) is 8.13. The third-order valence-electron chi connectivity index (χ3n) is 4.18. The van der Waals surface area contributed by atoms with E-state index in [1.54, 1.807) is 59.5 Å². The van der Waals surface area contributed by atoms with Gasteiger partial charge in [-0.1, -0.05) is 49.0 Å². The summed E-state index contributed by atoms with van der Waals surface area (Å²) in [6, 6.07) is 15.4. The zero-order chi connectivity index (χ0) is 21.1. The van der Waals surface area contributed by atoms with Gasteiger partial charge < -0.3 is 4.74 Å². The molecule has 30 heavy (non-hydrogen) atoms. The number of aliphatic imine (C=N–C) groups is 1. The summed E-state index contributed by atoms with van der Waals surface area (Å²) >= 11 is 2.59. The SMILES string of the molecule is CCSC1=NSC2=NC(=O)/C(=C\c3ccc(OC(=O)c4ccccc4)cc3)C(=N)N12. The number of carbonyl (C=O) groups is 2. The van der Waals surface area contributed by atoms with Gasteiger partial charge in [-0.3, -0.25) is 10.2 Å². The predicted octanol–water partition coefficient (Wildman–Crippen LogP) is 4.24. The van der Waals surface area contributed by atoms with E-state index in [1.807, 2.05) is 13.0 Å². The van der Waals surface area contributed by atoms with Crippen molar-refractivity contribution in [2.24, 2.45) is 9.39 Å². The summed E-state index contributed by atoms with van der Waals surface area (Å²) in [6.07, 6.45) is 1.60. The van der Waals surface area contributed by atoms with E-state index in [2.05, 4.69) is 9.39 Å². The summed E-state index contributed by atoms with van der Waals surface area (Å²) in [5.41, 5.74) is 1.33. The minimum absolute atomic E-state index is 0.0503. The first-order valence-corrected chi connectivity index (χ1v) is 10.8. The van der Waals surface area contributed by atoms with Crippen LogP contribution in [0.3, 0.4) is 0 Å². The topological polar surface area (TPSA) is 95.2 Å². The number of thioether (sulfide) groups is 1. The van der Waals surface area contributed by atoms with Gasteiger partial charge in [0.05, 0.1) is 23.1 Å². The summed E-state index contributed by atoms with van der Waals surface area (Å²) in [5, 5.41) is 9.52. The number of hydrogen-bond donors (Lipinski definition) is 1. The van der Waals surface area contributed by atoms with Crippen LogP contribution in [0, 0.1) is 5.41 Å². The molecule has 1 amide bonds. The molecule has 1 N–H and O–H groups in total. The molecular weight excluding hydrogens is 420 g/mol. The van der Waals surface area contributed by atoms with Gasteiger partial charge in [0, 0.05) is 0 Å². The molecule has 2 aliphatic heterocycles. The molecular formula is C21H16N4O3S2. The average molecular weight is 437 g/mol. The maximum Gasteiger partial charge on any atom is 0.343 e. The molecule has 0 aliphatic carbocycles. The van der Waals surface area contributed by atoms with Crippen LogP contribution < -0.4 is 4.74 Å². The number of rotatable bonds is 4. The van der Waals surface area contributed by atoms with Crippen molar-refractivity contribution >= 4 is 57.8 Å². The van der Waals surface area contributed by atoms with Gasteiger partial charge in [0.2, 0.25) is 5.17 Å². The third kappa shape index (κ3) is 4.07. The lowest BCUT2D eigenvalue weighted by Crippen LogP contribution is -2.41. The molecule has 0 aromatic heterocycles. The zero-order valence-corrected chi connectivity index (χ0v) is 17.5. The van der Waals surface area contributed by atoms with E-state index in [9.17, 15) is 9.59 Å². The number of benzene rings is 2. The normalized spacial score (nSPS) is 17.0. The number of esters is 1. The van der Waals surface area contributed by atoms with Crippen LogP contribution in [0.25, 0.3) is 6.08 Å². The lowest BCUT2D eigenvalue weighted by molar-refractivity contribution is -0.114. The molecule has 7 nitrogen and oxygen atoms in total. The van der Waals surface area contributed by atoms with Gasteiger partial charge in [-0.2, -0.15) is 9.39 Å². The maximum absolute atomic E-state index is 12.4. The van der Waals surface area contributed by atoms with Crippen molar-refractivity contribution in [1.29, 1.82) is 5.41 Å². The van der Waals surface area contributed by atoms with Crippen molar-refractivity contribution in [3.05, 3.63) is 71.3 Å². The van der Waals surface area contributed by atoms with E-state index in [-0.39, 0.29) is 11.4 Å². The number of ether oxygens (including phenoxy) is 1. The molecule has 0 bridgehead atoms. The van der Waals surface area contributed by atoms with Crippen molar-refractivity contribution in [2.45, 2.75) is 6.92 Å². The maximum atomic E-state index is 12.4. The molecule has 150 valence electrons. The lowest BCUT2D eigenvalue weighted by Gasteiger charge is -2.24. The molecule has 9 heteroatoms. The molecule has 0 fully saturated rings. The van der Waals surface area contributed by atoms with Crippen molar-refractivity contribution in [3.63, 3.8) is 0 Å². The monoisotopic (exact) mass is 436 g/mol. The first-order chi connectivity index (χ1) is 14.6. The predicted molar refractivity (Wildman–Crippen MR) is 121 cm³/mol. The third-order valence-corrected chi connectivity index (χ3v) is 5.82. The van der Waals surface area contributed by atoms with Crippen molar-refractivity contribution in [3.8, 4) is 5.75 Å². The first kappa shape index (κ1) is 20.1. The first-order valence-electron chi connectivity index (χ1n) is 9.05. The molecule has 0 atom stereocenters. The number of nitrogens with zero attached hydrogens (tertiary/aromatic N) is 3. The molecule has 0 unspecified atom stereocenters. The Kier molecular flexibility index (Phi) is 5.82. The standard InChI is InChI=1S/C21H16N4O3S2/c1-2-29-21-24-30-20-23-18(26)16(17(22)25(20)21)12-13-8-10-15(11-9-13)28-19(27)14-6-4-3-5-7-14/h3-12,22H,2H2,1H3/b16-12-,22-17?. The molecule has 0 spiro atoms. The number of fused-ring (bicyclic) bond motifs is 1. The lowest BCUT2D eigenvalue weighted by atomic mass is 10.1. The van der Waals surface area contributed by atoms with Gasteiger partial charge in [0.1, 0.15) is 11.6 Å². The average Bonchev–Trinajstić information content (AvgIpc) is 3.15. The van der Waals surface area contributed by atoms with E-state index in [1.165, 1.54) is 11.8 Å². The van der Waals surface area contributed by atoms with Crippen molar-refractivity contribution < 1.29 is 14.3 Å². The van der Waals surface area contributed by atoms with Crippen LogP contribution in [-0.2, 0) is 4.79 Å². The van der Waals surface area contributed by atoms with Crippen LogP contribution in [0.2, 0.25) is 0 Å². The Labute approximate surface area is 181 Å². The van der Waals surface area contributed by atoms with Crippen molar-refractivity contribution in [1.82, 2.24) is 4.90 Å². The van der Waals surface area contributed by atoms with E-state index < -0.39 is 11.9 Å². The molecule has 0 saturated carbocycles. The second kappa shape index (κ2) is 8.68. The highest BCUT2D eigenvalue weighted by Gasteiger charge is 2.37. The van der Waals surface area contributed by atoms with Crippen LogP contribution in [0.5, 0.6) is 5.75 Å². The van der Waals surface area contributed by atoms with Gasteiger partial charge in [-0.05, 0) is 41.7 Å². The summed E-state index contributed by atoms with van der Waals surface area (Å²) in [6.45, 7) is 1.99. The van der Waals surface area contributed by atoms with Crippen LogP contribution in [0.1, 0.15) is 22.8 Å². The van der Waals surface area contributed by atoms with E-state index in [0.717, 1.165) is 17.7 Å². The van der Waals surface area contributed by atoms with Gasteiger partial charge >= 0.3 is 5.97 Å². The summed E-state index contributed by atoms with van der Waals surface area (Å²) in [5.74, 6) is 0.318. The molecule has 2 aliphatic rings. The largest absolute Gasteiger partial charge is 0.423 e. The van der Waals surface area contributed by atoms with Crippen LogP contribution >= 0.6 is 23.7 Å². The Hall–Kier alpha value is -3.17. The Morgan fingerprint density at radius 2 is 1.93 bits per heavy atom. The fourth-order valence-electron chi connectivity index (χ4n) is 2.76.